The van der Waals surface area contributed by atoms with E-state index in [1.165, 1.54) is 10.4 Å². The number of thiophene rings is 1. The van der Waals surface area contributed by atoms with E-state index in [1.54, 1.807) is 16.2 Å². The Morgan fingerprint density at radius 3 is 2.95 bits per heavy atom. The normalized spacial score (nSPS) is 24.9. The minimum Gasteiger partial charge on any atom is -0.479 e. The maximum atomic E-state index is 12.8. The minimum atomic E-state index is -1.00. The quantitative estimate of drug-likeness (QED) is 0.928. The van der Waals surface area contributed by atoms with Crippen molar-refractivity contribution >= 4 is 35.0 Å². The van der Waals surface area contributed by atoms with E-state index in [0.29, 0.717) is 24.3 Å². The van der Waals surface area contributed by atoms with Crippen LogP contribution in [0.5, 0.6) is 0 Å². The van der Waals surface area contributed by atoms with E-state index in [0.717, 1.165) is 24.3 Å². The number of carboxylic acids is 1. The number of hydrogen-bond acceptors (Lipinski definition) is 4. The van der Waals surface area contributed by atoms with Crippen molar-refractivity contribution in [2.24, 2.45) is 0 Å². The Morgan fingerprint density at radius 1 is 1.48 bits per heavy atom. The molecule has 2 aliphatic rings. The number of fused-ring (bicyclic) bond motifs is 1. The maximum absolute atomic E-state index is 12.8. The second kappa shape index (κ2) is 5.65. The van der Waals surface area contributed by atoms with Crippen LogP contribution in [0, 0.1) is 0 Å². The van der Waals surface area contributed by atoms with Gasteiger partial charge in [-0.3, -0.25) is 4.79 Å². The largest absolute Gasteiger partial charge is 0.479 e. The maximum Gasteiger partial charge on any atom is 0.329 e. The van der Waals surface area contributed by atoms with Crippen LogP contribution in [-0.2, 0) is 17.0 Å². The van der Waals surface area contributed by atoms with Crippen molar-refractivity contribution in [3.8, 4) is 0 Å². The fourth-order valence-electron chi connectivity index (χ4n) is 3.30. The number of amides is 1. The first-order valence-corrected chi connectivity index (χ1v) is 9.30. The number of hydrogen-bond donors (Lipinski definition) is 1. The smallest absolute Gasteiger partial charge is 0.329 e. The SMILES string of the molecule is CCC1(C(=O)O)CCCN1C(=O)c1cc2c(s1)CCSC2. The highest BCUT2D eigenvalue weighted by atomic mass is 32.2. The van der Waals surface area contributed by atoms with Crippen LogP contribution in [0.25, 0.3) is 0 Å². The molecule has 0 saturated carbocycles. The number of aryl methyl sites for hydroxylation is 1. The van der Waals surface area contributed by atoms with Gasteiger partial charge in [-0.1, -0.05) is 6.92 Å². The first kappa shape index (κ1) is 14.9. The zero-order valence-electron chi connectivity index (χ0n) is 12.1. The molecule has 0 bridgehead atoms. The van der Waals surface area contributed by atoms with Crippen LogP contribution < -0.4 is 0 Å². The molecular formula is C15H19NO3S2. The lowest BCUT2D eigenvalue weighted by Gasteiger charge is -2.33. The molecule has 3 heterocycles. The molecule has 1 amide bonds. The topological polar surface area (TPSA) is 57.6 Å². The number of likely N-dealkylation sites (tertiary alicyclic amines) is 1. The number of nitrogens with zero attached hydrogens (tertiary/aromatic N) is 1. The molecule has 1 N–H and O–H groups in total. The zero-order chi connectivity index (χ0) is 15.0. The third-order valence-electron chi connectivity index (χ3n) is 4.56. The summed E-state index contributed by atoms with van der Waals surface area (Å²) in [5.74, 6) is 1.12. The summed E-state index contributed by atoms with van der Waals surface area (Å²) in [5, 5.41) is 9.60. The second-order valence-electron chi connectivity index (χ2n) is 5.61. The highest BCUT2D eigenvalue weighted by Crippen LogP contribution is 2.37. The second-order valence-corrected chi connectivity index (χ2v) is 7.85. The molecule has 1 saturated heterocycles. The summed E-state index contributed by atoms with van der Waals surface area (Å²) in [6, 6.07) is 1.98. The van der Waals surface area contributed by atoms with E-state index in [-0.39, 0.29) is 5.91 Å². The average molecular weight is 325 g/mol. The van der Waals surface area contributed by atoms with Gasteiger partial charge in [0, 0.05) is 17.2 Å². The van der Waals surface area contributed by atoms with E-state index < -0.39 is 11.5 Å². The van der Waals surface area contributed by atoms with E-state index in [1.807, 2.05) is 24.8 Å². The number of aliphatic carboxylic acids is 1. The molecule has 1 unspecified atom stereocenters. The lowest BCUT2D eigenvalue weighted by atomic mass is 9.93. The van der Waals surface area contributed by atoms with Gasteiger partial charge in [-0.05, 0) is 43.1 Å². The lowest BCUT2D eigenvalue weighted by molar-refractivity contribution is -0.148. The summed E-state index contributed by atoms with van der Waals surface area (Å²) >= 11 is 3.45. The van der Waals surface area contributed by atoms with Crippen molar-refractivity contribution in [1.82, 2.24) is 4.90 Å². The van der Waals surface area contributed by atoms with Crippen LogP contribution >= 0.6 is 23.1 Å². The Morgan fingerprint density at radius 2 is 2.29 bits per heavy atom. The third-order valence-corrected chi connectivity index (χ3v) is 6.79. The Labute approximate surface area is 132 Å². The standard InChI is InChI=1S/C15H19NO3S2/c1-2-15(14(18)19)5-3-6-16(15)13(17)12-8-10-9-20-7-4-11(10)21-12/h8H,2-7,9H2,1H3,(H,18,19). The number of carboxylic acid groups (broad SMARTS) is 1. The molecule has 6 heteroatoms. The van der Waals surface area contributed by atoms with Crippen molar-refractivity contribution in [3.63, 3.8) is 0 Å². The van der Waals surface area contributed by atoms with Crippen LogP contribution in [0.3, 0.4) is 0 Å². The first-order valence-electron chi connectivity index (χ1n) is 7.33. The fourth-order valence-corrected chi connectivity index (χ4v) is 5.62. The predicted molar refractivity (Wildman–Crippen MR) is 85.1 cm³/mol. The molecule has 0 spiro atoms. The first-order chi connectivity index (χ1) is 10.1. The van der Waals surface area contributed by atoms with Crippen molar-refractivity contribution in [2.75, 3.05) is 12.3 Å². The van der Waals surface area contributed by atoms with Crippen LogP contribution in [0.4, 0.5) is 0 Å². The molecule has 0 aromatic carbocycles. The molecule has 4 nitrogen and oxygen atoms in total. The predicted octanol–water partition coefficient (Wildman–Crippen LogP) is 3.01. The van der Waals surface area contributed by atoms with Crippen LogP contribution in [0.15, 0.2) is 6.07 Å². The summed E-state index contributed by atoms with van der Waals surface area (Å²) in [6.45, 7) is 2.41. The number of carbonyl (C=O) groups excluding carboxylic acids is 1. The Bertz CT molecular complexity index is 560. The van der Waals surface area contributed by atoms with E-state index in [4.69, 9.17) is 0 Å². The summed E-state index contributed by atoms with van der Waals surface area (Å²) in [5.41, 5.74) is 0.257. The number of rotatable bonds is 3. The fraction of sp³-hybridized carbons (Fsp3) is 0.600. The molecule has 0 aliphatic carbocycles. The summed E-state index contributed by atoms with van der Waals surface area (Å²) in [6.07, 6.45) is 2.82. The van der Waals surface area contributed by atoms with Gasteiger partial charge in [-0.25, -0.2) is 4.79 Å². The van der Waals surface area contributed by atoms with Gasteiger partial charge in [0.25, 0.3) is 5.91 Å². The number of carbonyl (C=O) groups is 2. The molecule has 0 radical (unpaired) electrons. The minimum absolute atomic E-state index is 0.0962. The van der Waals surface area contributed by atoms with Crippen LogP contribution in [-0.4, -0.2) is 39.7 Å². The Kier molecular flexibility index (Phi) is 4.01. The van der Waals surface area contributed by atoms with Gasteiger partial charge in [0.1, 0.15) is 5.54 Å². The van der Waals surface area contributed by atoms with E-state index in [9.17, 15) is 14.7 Å². The molecule has 1 aromatic rings. The Balaban J connectivity index is 1.90. The molecule has 1 fully saturated rings. The van der Waals surface area contributed by atoms with E-state index in [2.05, 4.69) is 0 Å². The van der Waals surface area contributed by atoms with Crippen molar-refractivity contribution in [3.05, 3.63) is 21.4 Å². The van der Waals surface area contributed by atoms with Gasteiger partial charge in [-0.15, -0.1) is 11.3 Å². The Hall–Kier alpha value is -1.01. The lowest BCUT2D eigenvalue weighted by Crippen LogP contribution is -2.52. The number of thioether (sulfide) groups is 1. The van der Waals surface area contributed by atoms with Gasteiger partial charge >= 0.3 is 5.97 Å². The monoisotopic (exact) mass is 325 g/mol. The average Bonchev–Trinajstić information content (AvgIpc) is 3.10. The van der Waals surface area contributed by atoms with Gasteiger partial charge in [0.2, 0.25) is 0 Å². The molecule has 114 valence electrons. The van der Waals surface area contributed by atoms with Crippen molar-refractivity contribution in [2.45, 2.75) is 43.9 Å². The molecular weight excluding hydrogens is 306 g/mol. The van der Waals surface area contributed by atoms with Crippen molar-refractivity contribution < 1.29 is 14.7 Å². The summed E-state index contributed by atoms with van der Waals surface area (Å²) in [7, 11) is 0. The van der Waals surface area contributed by atoms with Gasteiger partial charge in [-0.2, -0.15) is 11.8 Å². The van der Waals surface area contributed by atoms with E-state index >= 15 is 0 Å². The van der Waals surface area contributed by atoms with Crippen molar-refractivity contribution in [1.29, 1.82) is 0 Å². The molecule has 21 heavy (non-hydrogen) atoms. The third kappa shape index (κ3) is 2.38. The molecule has 2 aliphatic heterocycles. The highest BCUT2D eigenvalue weighted by Gasteiger charge is 2.49. The molecule has 1 atom stereocenters. The van der Waals surface area contributed by atoms with Crippen LogP contribution in [0.2, 0.25) is 0 Å². The zero-order valence-corrected chi connectivity index (χ0v) is 13.7. The van der Waals surface area contributed by atoms with Crippen LogP contribution in [0.1, 0.15) is 46.3 Å². The highest BCUT2D eigenvalue weighted by molar-refractivity contribution is 7.98. The molecule has 3 rings (SSSR count). The van der Waals surface area contributed by atoms with Gasteiger partial charge in [0.05, 0.1) is 4.88 Å². The molecule has 1 aromatic heterocycles. The summed E-state index contributed by atoms with van der Waals surface area (Å²) in [4.78, 5) is 28.1. The van der Waals surface area contributed by atoms with Gasteiger partial charge < -0.3 is 10.0 Å². The summed E-state index contributed by atoms with van der Waals surface area (Å²) < 4.78 is 0. The van der Waals surface area contributed by atoms with Gasteiger partial charge in [0.15, 0.2) is 0 Å².